The van der Waals surface area contributed by atoms with Crippen LogP contribution in [-0.2, 0) is 9.59 Å². The van der Waals surface area contributed by atoms with Crippen molar-refractivity contribution in [2.24, 2.45) is 5.92 Å². The number of ketones is 1. The van der Waals surface area contributed by atoms with E-state index >= 15 is 0 Å². The van der Waals surface area contributed by atoms with E-state index in [2.05, 4.69) is 0 Å². The normalized spacial score (nSPS) is 23.4. The van der Waals surface area contributed by atoms with Crippen LogP contribution in [0.5, 0.6) is 0 Å². The van der Waals surface area contributed by atoms with Crippen molar-refractivity contribution in [3.63, 3.8) is 0 Å². The van der Waals surface area contributed by atoms with Crippen LogP contribution < -0.4 is 0 Å². The monoisotopic (exact) mass is 183 g/mol. The van der Waals surface area contributed by atoms with E-state index in [-0.39, 0.29) is 5.91 Å². The van der Waals surface area contributed by atoms with Crippen LogP contribution in [0.1, 0.15) is 32.6 Å². The predicted octanol–water partition coefficient (Wildman–Crippen LogP) is 1.22. The molecule has 3 heteroatoms. The Morgan fingerprint density at radius 1 is 1.62 bits per heavy atom. The fraction of sp³-hybridized carbons (Fsp3) is 0.800. The van der Waals surface area contributed by atoms with Crippen LogP contribution >= 0.6 is 0 Å². The number of piperidine rings is 1. The van der Waals surface area contributed by atoms with Crippen LogP contribution in [0.4, 0.5) is 0 Å². The first-order valence-corrected chi connectivity index (χ1v) is 4.89. The molecule has 0 N–H and O–H groups in total. The van der Waals surface area contributed by atoms with E-state index in [0.29, 0.717) is 31.0 Å². The summed E-state index contributed by atoms with van der Waals surface area (Å²) in [5.41, 5.74) is 0. The molecule has 0 aromatic carbocycles. The first-order valence-electron chi connectivity index (χ1n) is 4.89. The van der Waals surface area contributed by atoms with Crippen LogP contribution in [0.3, 0.4) is 0 Å². The highest BCUT2D eigenvalue weighted by atomic mass is 16.2. The molecule has 1 amide bonds. The minimum atomic E-state index is 0.209. The van der Waals surface area contributed by atoms with Gasteiger partial charge in [-0.3, -0.25) is 9.59 Å². The molecule has 74 valence electrons. The largest absolute Gasteiger partial charge is 0.345 e. The lowest BCUT2D eigenvalue weighted by atomic mass is 9.92. The standard InChI is InChI=1S/C10H17NO2/c1-3-9(12)6-8-4-5-10(13)11(2)7-8/h8H,3-7H2,1-2H3/t8-/m1/s1. The lowest BCUT2D eigenvalue weighted by Gasteiger charge is -2.29. The van der Waals surface area contributed by atoms with E-state index in [9.17, 15) is 9.59 Å². The van der Waals surface area contributed by atoms with Crippen molar-refractivity contribution in [3.05, 3.63) is 0 Å². The van der Waals surface area contributed by atoms with E-state index in [1.807, 2.05) is 14.0 Å². The van der Waals surface area contributed by atoms with Gasteiger partial charge >= 0.3 is 0 Å². The van der Waals surface area contributed by atoms with Gasteiger partial charge in [0.25, 0.3) is 0 Å². The summed E-state index contributed by atoms with van der Waals surface area (Å²) in [6.45, 7) is 2.64. The van der Waals surface area contributed by atoms with Crippen molar-refractivity contribution >= 4 is 11.7 Å². The lowest BCUT2D eigenvalue weighted by molar-refractivity contribution is -0.134. The molecule has 1 aliphatic rings. The fourth-order valence-electron chi connectivity index (χ4n) is 1.73. The molecular formula is C10H17NO2. The van der Waals surface area contributed by atoms with Crippen molar-refractivity contribution in [2.75, 3.05) is 13.6 Å². The Morgan fingerprint density at radius 2 is 2.31 bits per heavy atom. The van der Waals surface area contributed by atoms with Crippen molar-refractivity contribution in [2.45, 2.75) is 32.6 Å². The van der Waals surface area contributed by atoms with Gasteiger partial charge in [0.1, 0.15) is 5.78 Å². The van der Waals surface area contributed by atoms with Gasteiger partial charge in [0, 0.05) is 32.9 Å². The highest BCUT2D eigenvalue weighted by Gasteiger charge is 2.23. The van der Waals surface area contributed by atoms with E-state index in [1.54, 1.807) is 4.90 Å². The smallest absolute Gasteiger partial charge is 0.222 e. The molecule has 1 fully saturated rings. The van der Waals surface area contributed by atoms with Crippen LogP contribution in [0.25, 0.3) is 0 Å². The Kier molecular flexibility index (Phi) is 3.46. The number of nitrogens with zero attached hydrogens (tertiary/aromatic N) is 1. The second kappa shape index (κ2) is 4.40. The number of hydrogen-bond donors (Lipinski definition) is 0. The molecule has 0 radical (unpaired) electrons. The number of hydrogen-bond acceptors (Lipinski definition) is 2. The number of likely N-dealkylation sites (tertiary alicyclic amines) is 1. The Bertz CT molecular complexity index is 213. The highest BCUT2D eigenvalue weighted by Crippen LogP contribution is 2.19. The summed E-state index contributed by atoms with van der Waals surface area (Å²) in [5, 5.41) is 0. The van der Waals surface area contributed by atoms with E-state index in [0.717, 1.165) is 13.0 Å². The molecule has 0 aromatic heterocycles. The molecule has 1 heterocycles. The zero-order valence-corrected chi connectivity index (χ0v) is 8.38. The Balaban J connectivity index is 2.37. The Labute approximate surface area is 79.1 Å². The average Bonchev–Trinajstić information content (AvgIpc) is 2.11. The molecule has 1 rings (SSSR count). The predicted molar refractivity (Wildman–Crippen MR) is 50.3 cm³/mol. The number of carbonyl (C=O) groups is 2. The average molecular weight is 183 g/mol. The molecule has 0 aliphatic carbocycles. The maximum Gasteiger partial charge on any atom is 0.222 e. The molecule has 0 spiro atoms. The van der Waals surface area contributed by atoms with Crippen LogP contribution in [0.15, 0.2) is 0 Å². The number of carbonyl (C=O) groups excluding carboxylic acids is 2. The van der Waals surface area contributed by atoms with E-state index in [1.165, 1.54) is 0 Å². The fourth-order valence-corrected chi connectivity index (χ4v) is 1.73. The summed E-state index contributed by atoms with van der Waals surface area (Å²) in [4.78, 5) is 24.0. The van der Waals surface area contributed by atoms with Gasteiger partial charge in [-0.05, 0) is 12.3 Å². The maximum atomic E-state index is 11.2. The summed E-state index contributed by atoms with van der Waals surface area (Å²) in [5.74, 6) is 0.920. The summed E-state index contributed by atoms with van der Waals surface area (Å²) in [6, 6.07) is 0. The van der Waals surface area contributed by atoms with Crippen molar-refractivity contribution < 1.29 is 9.59 Å². The summed E-state index contributed by atoms with van der Waals surface area (Å²) < 4.78 is 0. The van der Waals surface area contributed by atoms with Crippen LogP contribution in [0, 0.1) is 5.92 Å². The second-order valence-electron chi connectivity index (χ2n) is 3.78. The van der Waals surface area contributed by atoms with E-state index < -0.39 is 0 Å². The lowest BCUT2D eigenvalue weighted by Crippen LogP contribution is -2.37. The molecule has 1 atom stereocenters. The second-order valence-corrected chi connectivity index (χ2v) is 3.78. The quantitative estimate of drug-likeness (QED) is 0.659. The third-order valence-corrected chi connectivity index (χ3v) is 2.63. The van der Waals surface area contributed by atoms with Crippen molar-refractivity contribution in [1.82, 2.24) is 4.90 Å². The molecule has 0 unspecified atom stereocenters. The molecule has 0 saturated carbocycles. The minimum absolute atomic E-state index is 0.209. The topological polar surface area (TPSA) is 37.4 Å². The Hall–Kier alpha value is -0.860. The molecular weight excluding hydrogens is 166 g/mol. The van der Waals surface area contributed by atoms with Gasteiger partial charge < -0.3 is 4.90 Å². The van der Waals surface area contributed by atoms with Gasteiger partial charge in [-0.1, -0.05) is 6.92 Å². The number of amides is 1. The van der Waals surface area contributed by atoms with Gasteiger partial charge in [0.05, 0.1) is 0 Å². The zero-order valence-electron chi connectivity index (χ0n) is 8.38. The number of rotatable bonds is 3. The Morgan fingerprint density at radius 3 is 2.85 bits per heavy atom. The zero-order chi connectivity index (χ0) is 9.84. The molecule has 1 aliphatic heterocycles. The highest BCUT2D eigenvalue weighted by molar-refractivity contribution is 5.79. The van der Waals surface area contributed by atoms with Gasteiger partial charge in [0.2, 0.25) is 5.91 Å². The van der Waals surface area contributed by atoms with Gasteiger partial charge in [-0.2, -0.15) is 0 Å². The third kappa shape index (κ3) is 2.83. The van der Waals surface area contributed by atoms with Gasteiger partial charge in [0.15, 0.2) is 0 Å². The molecule has 13 heavy (non-hydrogen) atoms. The summed E-state index contributed by atoms with van der Waals surface area (Å²) >= 11 is 0. The van der Waals surface area contributed by atoms with Gasteiger partial charge in [-0.25, -0.2) is 0 Å². The van der Waals surface area contributed by atoms with Gasteiger partial charge in [-0.15, -0.1) is 0 Å². The third-order valence-electron chi connectivity index (χ3n) is 2.63. The van der Waals surface area contributed by atoms with Crippen LogP contribution in [-0.4, -0.2) is 30.2 Å². The minimum Gasteiger partial charge on any atom is -0.345 e. The SMILES string of the molecule is CCC(=O)C[C@H]1CCC(=O)N(C)C1. The molecule has 0 bridgehead atoms. The molecule has 1 saturated heterocycles. The molecule has 3 nitrogen and oxygen atoms in total. The number of Topliss-reactive ketones (excluding diaryl/α,β-unsaturated/α-hetero) is 1. The summed E-state index contributed by atoms with van der Waals surface area (Å²) in [6.07, 6.45) is 2.76. The first-order chi connectivity index (χ1) is 6.13. The van der Waals surface area contributed by atoms with Crippen molar-refractivity contribution in [1.29, 1.82) is 0 Å². The maximum absolute atomic E-state index is 11.2. The summed E-state index contributed by atoms with van der Waals surface area (Å²) in [7, 11) is 1.81. The first kappa shape index (κ1) is 10.2. The van der Waals surface area contributed by atoms with Crippen molar-refractivity contribution in [3.8, 4) is 0 Å². The van der Waals surface area contributed by atoms with E-state index in [4.69, 9.17) is 0 Å². The molecule has 0 aromatic rings. The van der Waals surface area contributed by atoms with Crippen LogP contribution in [0.2, 0.25) is 0 Å².